The lowest BCUT2D eigenvalue weighted by Gasteiger charge is -2.15. The third-order valence-corrected chi connectivity index (χ3v) is 2.91. The molecule has 0 heterocycles. The highest BCUT2D eigenvalue weighted by Crippen LogP contribution is 2.28. The van der Waals surface area contributed by atoms with Gasteiger partial charge < -0.3 is 10.4 Å². The summed E-state index contributed by atoms with van der Waals surface area (Å²) >= 11 is 11.6. The maximum absolute atomic E-state index is 13.2. The Hall–Kier alpha value is -0.350. The quantitative estimate of drug-likeness (QED) is 0.633. The van der Waals surface area contributed by atoms with Gasteiger partial charge in [0.1, 0.15) is 5.82 Å². The summed E-state index contributed by atoms with van der Waals surface area (Å²) in [5, 5.41) is 12.2. The first-order chi connectivity index (χ1) is 7.56. The molecule has 0 saturated heterocycles. The number of rotatable bonds is 5. The number of nitrogens with one attached hydrogen (secondary N) is 1. The van der Waals surface area contributed by atoms with Crippen LogP contribution >= 0.6 is 23.2 Å². The van der Waals surface area contributed by atoms with Crippen molar-refractivity contribution >= 4 is 23.2 Å². The van der Waals surface area contributed by atoms with Gasteiger partial charge in [0.05, 0.1) is 5.02 Å². The van der Waals surface area contributed by atoms with Gasteiger partial charge in [0.15, 0.2) is 0 Å². The van der Waals surface area contributed by atoms with Crippen molar-refractivity contribution in [2.75, 3.05) is 13.2 Å². The van der Waals surface area contributed by atoms with Crippen molar-refractivity contribution in [3.05, 3.63) is 33.6 Å². The van der Waals surface area contributed by atoms with E-state index in [1.54, 1.807) is 0 Å². The van der Waals surface area contributed by atoms with Crippen molar-refractivity contribution < 1.29 is 9.50 Å². The third kappa shape index (κ3) is 3.59. The highest BCUT2D eigenvalue weighted by atomic mass is 35.5. The van der Waals surface area contributed by atoms with Gasteiger partial charge in [-0.05, 0) is 37.6 Å². The lowest BCUT2D eigenvalue weighted by molar-refractivity contribution is 0.284. The van der Waals surface area contributed by atoms with Gasteiger partial charge in [0.25, 0.3) is 0 Å². The summed E-state index contributed by atoms with van der Waals surface area (Å²) in [6.45, 7) is 2.66. The highest BCUT2D eigenvalue weighted by Gasteiger charge is 2.12. The summed E-state index contributed by atoms with van der Waals surface area (Å²) in [4.78, 5) is 0. The number of aliphatic hydroxyl groups is 1. The molecule has 1 aromatic carbocycles. The van der Waals surface area contributed by atoms with Gasteiger partial charge in [-0.1, -0.05) is 23.2 Å². The van der Waals surface area contributed by atoms with E-state index in [0.29, 0.717) is 23.6 Å². The zero-order valence-corrected chi connectivity index (χ0v) is 10.4. The van der Waals surface area contributed by atoms with Gasteiger partial charge >= 0.3 is 0 Å². The first-order valence-electron chi connectivity index (χ1n) is 5.05. The minimum absolute atomic E-state index is 0.0244. The van der Waals surface area contributed by atoms with Crippen molar-refractivity contribution in [2.45, 2.75) is 19.4 Å². The van der Waals surface area contributed by atoms with Gasteiger partial charge in [-0.15, -0.1) is 0 Å². The van der Waals surface area contributed by atoms with Gasteiger partial charge in [-0.25, -0.2) is 4.39 Å². The zero-order valence-electron chi connectivity index (χ0n) is 8.93. The first-order valence-corrected chi connectivity index (χ1v) is 5.80. The van der Waals surface area contributed by atoms with Crippen LogP contribution in [0.1, 0.15) is 24.9 Å². The van der Waals surface area contributed by atoms with E-state index in [0.717, 1.165) is 0 Å². The molecule has 0 aromatic heterocycles. The molecule has 0 saturated carbocycles. The Morgan fingerprint density at radius 1 is 1.38 bits per heavy atom. The molecule has 0 amide bonds. The van der Waals surface area contributed by atoms with Crippen LogP contribution < -0.4 is 5.32 Å². The van der Waals surface area contributed by atoms with Crippen LogP contribution in [0.15, 0.2) is 12.1 Å². The van der Waals surface area contributed by atoms with Crippen LogP contribution in [0.3, 0.4) is 0 Å². The van der Waals surface area contributed by atoms with Crippen molar-refractivity contribution in [1.29, 1.82) is 0 Å². The number of benzene rings is 1. The Labute approximate surface area is 104 Å². The summed E-state index contributed by atoms with van der Waals surface area (Å²) in [6, 6.07) is 2.66. The number of hydrogen-bond donors (Lipinski definition) is 2. The predicted molar refractivity (Wildman–Crippen MR) is 64.5 cm³/mol. The first kappa shape index (κ1) is 13.7. The van der Waals surface area contributed by atoms with Crippen LogP contribution in [-0.2, 0) is 0 Å². The van der Waals surface area contributed by atoms with E-state index < -0.39 is 5.82 Å². The second-order valence-electron chi connectivity index (χ2n) is 3.54. The molecule has 2 N–H and O–H groups in total. The standard InChI is InChI=1S/C11H14Cl2FNO/c1-7(15-3-2-4-16)8-5-11(14)10(13)6-9(8)12/h5-7,15-16H,2-4H2,1H3. The van der Waals surface area contributed by atoms with Crippen LogP contribution in [0.2, 0.25) is 10.0 Å². The molecule has 2 nitrogen and oxygen atoms in total. The lowest BCUT2D eigenvalue weighted by atomic mass is 10.1. The summed E-state index contributed by atoms with van der Waals surface area (Å²) in [5.41, 5.74) is 0.668. The van der Waals surface area contributed by atoms with Gasteiger partial charge in [-0.2, -0.15) is 0 Å². The molecule has 0 bridgehead atoms. The SMILES string of the molecule is CC(NCCCO)c1cc(F)c(Cl)cc1Cl. The van der Waals surface area contributed by atoms with Crippen molar-refractivity contribution in [3.8, 4) is 0 Å². The average molecular weight is 266 g/mol. The topological polar surface area (TPSA) is 32.3 Å². The monoisotopic (exact) mass is 265 g/mol. The second kappa shape index (κ2) is 6.40. The second-order valence-corrected chi connectivity index (χ2v) is 4.36. The largest absolute Gasteiger partial charge is 0.396 e. The van der Waals surface area contributed by atoms with Crippen LogP contribution in [0, 0.1) is 5.82 Å². The van der Waals surface area contributed by atoms with E-state index in [1.807, 2.05) is 6.92 Å². The normalized spacial score (nSPS) is 12.8. The molecule has 1 rings (SSSR count). The fourth-order valence-electron chi connectivity index (χ4n) is 1.38. The molecule has 1 unspecified atom stereocenters. The van der Waals surface area contributed by atoms with Gasteiger partial charge in [-0.3, -0.25) is 0 Å². The molecule has 0 aliphatic carbocycles. The summed E-state index contributed by atoms with van der Waals surface area (Å²) < 4.78 is 13.2. The van der Waals surface area contributed by atoms with E-state index in [4.69, 9.17) is 28.3 Å². The molecular formula is C11H14Cl2FNO. The van der Waals surface area contributed by atoms with Gasteiger partial charge in [0.2, 0.25) is 0 Å². The van der Waals surface area contributed by atoms with E-state index in [9.17, 15) is 4.39 Å². The van der Waals surface area contributed by atoms with E-state index in [-0.39, 0.29) is 17.7 Å². The Morgan fingerprint density at radius 2 is 2.06 bits per heavy atom. The van der Waals surface area contributed by atoms with E-state index in [2.05, 4.69) is 5.32 Å². The Balaban J connectivity index is 2.75. The molecule has 16 heavy (non-hydrogen) atoms. The number of halogens is 3. The zero-order chi connectivity index (χ0) is 12.1. The fraction of sp³-hybridized carbons (Fsp3) is 0.455. The Bertz CT molecular complexity index is 360. The Morgan fingerprint density at radius 3 is 2.69 bits per heavy atom. The smallest absolute Gasteiger partial charge is 0.142 e. The molecule has 90 valence electrons. The number of aliphatic hydroxyl groups excluding tert-OH is 1. The van der Waals surface area contributed by atoms with Crippen LogP contribution in [0.5, 0.6) is 0 Å². The minimum atomic E-state index is -0.475. The molecule has 0 radical (unpaired) electrons. The van der Waals surface area contributed by atoms with Crippen molar-refractivity contribution in [2.24, 2.45) is 0 Å². The molecule has 0 aliphatic rings. The molecule has 0 spiro atoms. The molecule has 5 heteroatoms. The van der Waals surface area contributed by atoms with Crippen LogP contribution in [-0.4, -0.2) is 18.3 Å². The Kier molecular flexibility index (Phi) is 5.49. The van der Waals surface area contributed by atoms with Gasteiger partial charge in [0, 0.05) is 17.7 Å². The molecule has 1 atom stereocenters. The summed E-state index contributed by atoms with van der Waals surface area (Å²) in [5.74, 6) is -0.475. The summed E-state index contributed by atoms with van der Waals surface area (Å²) in [6.07, 6.45) is 0.651. The molecule has 1 aromatic rings. The van der Waals surface area contributed by atoms with Crippen molar-refractivity contribution in [3.63, 3.8) is 0 Å². The maximum Gasteiger partial charge on any atom is 0.142 e. The average Bonchev–Trinajstić information content (AvgIpc) is 2.23. The van der Waals surface area contributed by atoms with E-state index >= 15 is 0 Å². The lowest BCUT2D eigenvalue weighted by Crippen LogP contribution is -2.21. The highest BCUT2D eigenvalue weighted by molar-refractivity contribution is 6.35. The van der Waals surface area contributed by atoms with E-state index in [1.165, 1.54) is 12.1 Å². The molecule has 0 fully saturated rings. The number of hydrogen-bond acceptors (Lipinski definition) is 2. The molecule has 0 aliphatic heterocycles. The third-order valence-electron chi connectivity index (χ3n) is 2.29. The summed E-state index contributed by atoms with van der Waals surface area (Å²) in [7, 11) is 0. The maximum atomic E-state index is 13.2. The fourth-order valence-corrected chi connectivity index (χ4v) is 1.92. The van der Waals surface area contributed by atoms with Crippen LogP contribution in [0.4, 0.5) is 4.39 Å². The van der Waals surface area contributed by atoms with Crippen LogP contribution in [0.25, 0.3) is 0 Å². The predicted octanol–water partition coefficient (Wildman–Crippen LogP) is 3.17. The molecular weight excluding hydrogens is 252 g/mol. The van der Waals surface area contributed by atoms with Crippen molar-refractivity contribution in [1.82, 2.24) is 5.32 Å². The minimum Gasteiger partial charge on any atom is -0.396 e.